The molecule has 144 valence electrons. The molecule has 27 heavy (non-hydrogen) atoms. The molecule has 2 aromatic rings. The molecular weight excluding hydrogens is 367 g/mol. The second-order valence-electron chi connectivity index (χ2n) is 7.62. The van der Waals surface area contributed by atoms with Gasteiger partial charge >= 0.3 is 29.6 Å². The van der Waals surface area contributed by atoms with Crippen LogP contribution in [0, 0.1) is 5.92 Å². The van der Waals surface area contributed by atoms with E-state index in [9.17, 15) is 13.0 Å². The molecule has 0 heterocycles. The van der Waals surface area contributed by atoms with Gasteiger partial charge in [-0.3, -0.25) is 0 Å². The zero-order valence-corrected chi connectivity index (χ0v) is 19.9. The smallest absolute Gasteiger partial charge is 0.744 e. The number of hydrogen-bond acceptors (Lipinski definition) is 3. The molecule has 0 aliphatic rings. The Morgan fingerprint density at radius 2 is 1.44 bits per heavy atom. The van der Waals surface area contributed by atoms with Crippen LogP contribution >= 0.6 is 0 Å². The number of rotatable bonds is 11. The Hall–Kier alpha value is -0.390. The number of hydrogen-bond donors (Lipinski definition) is 0. The van der Waals surface area contributed by atoms with E-state index in [4.69, 9.17) is 0 Å². The van der Waals surface area contributed by atoms with Gasteiger partial charge in [-0.2, -0.15) is 0 Å². The zero-order chi connectivity index (χ0) is 19.0. The van der Waals surface area contributed by atoms with Crippen LogP contribution in [0.25, 0.3) is 10.8 Å². The number of benzene rings is 2. The minimum Gasteiger partial charge on any atom is -0.744 e. The van der Waals surface area contributed by atoms with Crippen molar-refractivity contribution in [2.75, 3.05) is 0 Å². The molecule has 0 aromatic heterocycles. The molecule has 0 spiro atoms. The van der Waals surface area contributed by atoms with Crippen LogP contribution in [0.15, 0.2) is 41.3 Å². The van der Waals surface area contributed by atoms with Crippen molar-refractivity contribution in [1.82, 2.24) is 0 Å². The van der Waals surface area contributed by atoms with Crippen LogP contribution in [0.5, 0.6) is 0 Å². The second kappa shape index (κ2) is 12.2. The van der Waals surface area contributed by atoms with E-state index in [1.54, 1.807) is 6.07 Å². The monoisotopic (exact) mass is 398 g/mol. The number of unbranched alkanes of at least 4 members (excludes halogenated alkanes) is 6. The first-order chi connectivity index (χ1) is 12.4. The van der Waals surface area contributed by atoms with Gasteiger partial charge in [-0.15, -0.1) is 0 Å². The van der Waals surface area contributed by atoms with Crippen molar-refractivity contribution in [2.45, 2.75) is 76.5 Å². The van der Waals surface area contributed by atoms with E-state index in [0.29, 0.717) is 12.0 Å². The fourth-order valence-electron chi connectivity index (χ4n) is 3.55. The first-order valence-corrected chi connectivity index (χ1v) is 11.3. The minimum atomic E-state index is -4.44. The van der Waals surface area contributed by atoms with Gasteiger partial charge in [0.15, 0.2) is 0 Å². The fraction of sp³-hybridized carbons (Fsp3) is 0.545. The van der Waals surface area contributed by atoms with E-state index in [1.807, 2.05) is 24.3 Å². The summed E-state index contributed by atoms with van der Waals surface area (Å²) < 4.78 is 34.9. The predicted molar refractivity (Wildman–Crippen MR) is 107 cm³/mol. The van der Waals surface area contributed by atoms with Crippen molar-refractivity contribution in [1.29, 1.82) is 0 Å². The van der Waals surface area contributed by atoms with Crippen LogP contribution in [0.1, 0.15) is 70.8 Å². The Morgan fingerprint density at radius 3 is 2.07 bits per heavy atom. The fourth-order valence-corrected chi connectivity index (χ4v) is 4.29. The average molecular weight is 399 g/mol. The van der Waals surface area contributed by atoms with E-state index in [-0.39, 0.29) is 34.5 Å². The van der Waals surface area contributed by atoms with Gasteiger partial charge in [-0.05, 0) is 41.2 Å². The summed E-state index contributed by atoms with van der Waals surface area (Å²) in [5, 5.41) is 1.87. The van der Waals surface area contributed by atoms with E-state index in [2.05, 4.69) is 13.8 Å². The summed E-state index contributed by atoms with van der Waals surface area (Å²) in [6.45, 7) is 4.54. The summed E-state index contributed by atoms with van der Waals surface area (Å²) in [7, 11) is -4.44. The van der Waals surface area contributed by atoms with E-state index >= 15 is 0 Å². The zero-order valence-electron chi connectivity index (χ0n) is 17.0. The maximum atomic E-state index is 11.6. The molecule has 0 saturated heterocycles. The Bertz CT molecular complexity index is 800. The van der Waals surface area contributed by atoms with Gasteiger partial charge in [0.2, 0.25) is 0 Å². The molecule has 0 aliphatic heterocycles. The van der Waals surface area contributed by atoms with E-state index in [1.165, 1.54) is 44.6 Å². The first-order valence-electron chi connectivity index (χ1n) is 9.86. The van der Waals surface area contributed by atoms with Crippen LogP contribution in [-0.2, 0) is 16.5 Å². The molecule has 0 amide bonds. The first kappa shape index (κ1) is 24.6. The van der Waals surface area contributed by atoms with E-state index in [0.717, 1.165) is 29.5 Å². The van der Waals surface area contributed by atoms with Crippen molar-refractivity contribution in [3.05, 3.63) is 42.0 Å². The van der Waals surface area contributed by atoms with Crippen LogP contribution in [-0.4, -0.2) is 13.0 Å². The van der Waals surface area contributed by atoms with Gasteiger partial charge in [-0.25, -0.2) is 8.42 Å². The Balaban J connectivity index is 0.00000364. The van der Waals surface area contributed by atoms with Gasteiger partial charge in [0.1, 0.15) is 10.1 Å². The molecule has 5 heteroatoms. The summed E-state index contributed by atoms with van der Waals surface area (Å²) in [5.41, 5.74) is 0.690. The van der Waals surface area contributed by atoms with Crippen molar-refractivity contribution >= 4 is 20.9 Å². The molecule has 0 radical (unpaired) electrons. The molecule has 3 nitrogen and oxygen atoms in total. The summed E-state index contributed by atoms with van der Waals surface area (Å²) in [6, 6.07) is 10.9. The third-order valence-electron chi connectivity index (χ3n) is 4.98. The molecule has 0 N–H and O–H groups in total. The van der Waals surface area contributed by atoms with Crippen LogP contribution < -0.4 is 29.6 Å². The molecule has 0 atom stereocenters. The molecule has 0 unspecified atom stereocenters. The molecule has 0 saturated carbocycles. The Labute approximate surface area is 187 Å². The summed E-state index contributed by atoms with van der Waals surface area (Å²) in [4.78, 5) is -0.0510. The molecule has 0 bridgehead atoms. The van der Waals surface area contributed by atoms with Gasteiger partial charge in [0, 0.05) is 0 Å². The predicted octanol–water partition coefficient (Wildman–Crippen LogP) is 3.07. The summed E-state index contributed by atoms with van der Waals surface area (Å²) in [5.74, 6) is 0.794. The van der Waals surface area contributed by atoms with Gasteiger partial charge in [0.25, 0.3) is 0 Å². The van der Waals surface area contributed by atoms with Crippen LogP contribution in [0.4, 0.5) is 0 Å². The third-order valence-corrected chi connectivity index (χ3v) is 5.90. The number of fused-ring (bicyclic) bond motifs is 1. The van der Waals surface area contributed by atoms with Crippen LogP contribution in [0.3, 0.4) is 0 Å². The maximum Gasteiger partial charge on any atom is 1.00 e. The van der Waals surface area contributed by atoms with E-state index < -0.39 is 10.1 Å². The Morgan fingerprint density at radius 1 is 0.852 bits per heavy atom. The van der Waals surface area contributed by atoms with Crippen molar-refractivity contribution < 1.29 is 42.5 Å². The van der Waals surface area contributed by atoms with Crippen LogP contribution in [0.2, 0.25) is 0 Å². The Kier molecular flexibility index (Phi) is 11.2. The molecule has 0 fully saturated rings. The van der Waals surface area contributed by atoms with Gasteiger partial charge < -0.3 is 4.55 Å². The molecule has 0 aliphatic carbocycles. The topological polar surface area (TPSA) is 57.2 Å². The third kappa shape index (κ3) is 8.25. The second-order valence-corrected chi connectivity index (χ2v) is 8.97. The number of aryl methyl sites for hydroxylation is 1. The SMILES string of the molecule is CC(C)CCCCCCCCCc1c(S(=O)(=O)[O-])ccc2ccccc12.[Na+]. The quantitative estimate of drug-likeness (QED) is 0.332. The molecule has 2 rings (SSSR count). The van der Waals surface area contributed by atoms with Crippen molar-refractivity contribution in [3.63, 3.8) is 0 Å². The average Bonchev–Trinajstić information content (AvgIpc) is 2.59. The summed E-state index contributed by atoms with van der Waals surface area (Å²) in [6.07, 6.45) is 10.3. The van der Waals surface area contributed by atoms with Gasteiger partial charge in [-0.1, -0.05) is 89.1 Å². The van der Waals surface area contributed by atoms with Crippen molar-refractivity contribution in [3.8, 4) is 0 Å². The minimum absolute atomic E-state index is 0. The molecule has 2 aromatic carbocycles. The van der Waals surface area contributed by atoms with Crippen molar-refractivity contribution in [2.24, 2.45) is 5.92 Å². The largest absolute Gasteiger partial charge is 1.00 e. The molecular formula is C22H31NaO3S. The normalized spacial score (nSPS) is 11.7. The van der Waals surface area contributed by atoms with Gasteiger partial charge in [0.05, 0.1) is 4.90 Å². The summed E-state index contributed by atoms with van der Waals surface area (Å²) >= 11 is 0. The standard InChI is InChI=1S/C22H32O3S.Na/c1-18(2)12-8-6-4-3-5-7-9-15-21-20-14-11-10-13-19(20)16-17-22(21)26(23,24)25;/h10-11,13-14,16-18H,3-9,12,15H2,1-2H3,(H,23,24,25);/q;+1/p-1. The maximum absolute atomic E-state index is 11.6.